The van der Waals surface area contributed by atoms with Crippen molar-refractivity contribution in [2.75, 3.05) is 13.2 Å². The first-order valence-corrected chi connectivity index (χ1v) is 6.18. The minimum Gasteiger partial charge on any atom is -0.411 e. The predicted molar refractivity (Wildman–Crippen MR) is 67.7 cm³/mol. The molecule has 0 spiro atoms. The van der Waals surface area contributed by atoms with Gasteiger partial charge in [0.1, 0.15) is 0 Å². The van der Waals surface area contributed by atoms with E-state index in [1.165, 1.54) is 5.56 Å². The Balaban J connectivity index is 2.43. The minimum absolute atomic E-state index is 0.136. The van der Waals surface area contributed by atoms with Gasteiger partial charge in [0.2, 0.25) is 0 Å². The average Bonchev–Trinajstić information content (AvgIpc) is 2.42. The second-order valence-electron chi connectivity index (χ2n) is 4.46. The molecule has 0 radical (unpaired) electrons. The summed E-state index contributed by atoms with van der Waals surface area (Å²) in [6.07, 6.45) is 2.56. The first-order chi connectivity index (χ1) is 8.33. The van der Waals surface area contributed by atoms with Crippen LogP contribution < -0.4 is 0 Å². The van der Waals surface area contributed by atoms with E-state index in [2.05, 4.69) is 17.3 Å². The van der Waals surface area contributed by atoms with E-state index in [4.69, 9.17) is 4.74 Å². The Morgan fingerprint density at radius 1 is 1.29 bits per heavy atom. The molecular formula is C14H19NO2. The SMILES string of the molecule is CC/C(=N/O)C1(c2ccccc2)CCOCC1. The van der Waals surface area contributed by atoms with Crippen molar-refractivity contribution >= 4 is 5.71 Å². The third-order valence-corrected chi connectivity index (χ3v) is 3.68. The van der Waals surface area contributed by atoms with E-state index in [-0.39, 0.29) is 5.41 Å². The monoisotopic (exact) mass is 233 g/mol. The van der Waals surface area contributed by atoms with E-state index in [0.717, 1.165) is 38.2 Å². The van der Waals surface area contributed by atoms with Crippen LogP contribution in [0.4, 0.5) is 0 Å². The van der Waals surface area contributed by atoms with Gasteiger partial charge in [-0.1, -0.05) is 42.4 Å². The Morgan fingerprint density at radius 2 is 1.94 bits per heavy atom. The molecule has 0 saturated carbocycles. The summed E-state index contributed by atoms with van der Waals surface area (Å²) in [6, 6.07) is 10.3. The maximum absolute atomic E-state index is 9.25. The van der Waals surface area contributed by atoms with E-state index >= 15 is 0 Å². The second-order valence-corrected chi connectivity index (χ2v) is 4.46. The van der Waals surface area contributed by atoms with Gasteiger partial charge in [-0.15, -0.1) is 0 Å². The third kappa shape index (κ3) is 2.20. The second kappa shape index (κ2) is 5.32. The van der Waals surface area contributed by atoms with Crippen molar-refractivity contribution in [2.45, 2.75) is 31.6 Å². The zero-order valence-corrected chi connectivity index (χ0v) is 10.2. The number of benzene rings is 1. The lowest BCUT2D eigenvalue weighted by atomic mass is 9.70. The summed E-state index contributed by atoms with van der Waals surface area (Å²) in [5.74, 6) is 0. The molecular weight excluding hydrogens is 214 g/mol. The van der Waals surface area contributed by atoms with Crippen LogP contribution in [0.1, 0.15) is 31.7 Å². The summed E-state index contributed by atoms with van der Waals surface area (Å²) in [5.41, 5.74) is 1.97. The number of hydrogen-bond donors (Lipinski definition) is 1. The molecule has 1 aliphatic heterocycles. The van der Waals surface area contributed by atoms with Crippen LogP contribution in [0.5, 0.6) is 0 Å². The van der Waals surface area contributed by atoms with Crippen LogP contribution in [-0.4, -0.2) is 24.1 Å². The lowest BCUT2D eigenvalue weighted by Gasteiger charge is -2.38. The van der Waals surface area contributed by atoms with Crippen molar-refractivity contribution in [3.05, 3.63) is 35.9 Å². The van der Waals surface area contributed by atoms with Crippen LogP contribution in [0.3, 0.4) is 0 Å². The van der Waals surface area contributed by atoms with Crippen molar-refractivity contribution in [3.8, 4) is 0 Å². The van der Waals surface area contributed by atoms with E-state index in [0.29, 0.717) is 0 Å². The van der Waals surface area contributed by atoms with E-state index in [1.807, 2.05) is 25.1 Å². The Bertz CT molecular complexity index is 380. The zero-order chi connectivity index (χ0) is 12.1. The predicted octanol–water partition coefficient (Wildman–Crippen LogP) is 2.98. The van der Waals surface area contributed by atoms with Gasteiger partial charge < -0.3 is 9.94 Å². The third-order valence-electron chi connectivity index (χ3n) is 3.68. The summed E-state index contributed by atoms with van der Waals surface area (Å²) in [4.78, 5) is 0. The number of nitrogens with zero attached hydrogens (tertiary/aromatic N) is 1. The molecule has 0 atom stereocenters. The molecule has 3 heteroatoms. The Morgan fingerprint density at radius 3 is 2.47 bits per heavy atom. The van der Waals surface area contributed by atoms with Gasteiger partial charge >= 0.3 is 0 Å². The van der Waals surface area contributed by atoms with Crippen LogP contribution in [0.15, 0.2) is 35.5 Å². The molecule has 1 aromatic carbocycles. The first kappa shape index (κ1) is 12.1. The van der Waals surface area contributed by atoms with Gasteiger partial charge in [0, 0.05) is 18.6 Å². The minimum atomic E-state index is -0.136. The van der Waals surface area contributed by atoms with Gasteiger partial charge in [-0.3, -0.25) is 0 Å². The fraction of sp³-hybridized carbons (Fsp3) is 0.500. The zero-order valence-electron chi connectivity index (χ0n) is 10.2. The van der Waals surface area contributed by atoms with Gasteiger partial charge in [0.15, 0.2) is 0 Å². The van der Waals surface area contributed by atoms with Crippen LogP contribution in [0.2, 0.25) is 0 Å². The quantitative estimate of drug-likeness (QED) is 0.495. The Labute approximate surface area is 102 Å². The summed E-state index contributed by atoms with van der Waals surface area (Å²) in [6.45, 7) is 3.50. The summed E-state index contributed by atoms with van der Waals surface area (Å²) >= 11 is 0. The van der Waals surface area contributed by atoms with E-state index in [1.54, 1.807) is 0 Å². The van der Waals surface area contributed by atoms with E-state index in [9.17, 15) is 5.21 Å². The smallest absolute Gasteiger partial charge is 0.0675 e. The highest BCUT2D eigenvalue weighted by Crippen LogP contribution is 2.37. The first-order valence-electron chi connectivity index (χ1n) is 6.18. The Hall–Kier alpha value is -1.35. The molecule has 0 amide bonds. The highest BCUT2D eigenvalue weighted by molar-refractivity contribution is 5.94. The largest absolute Gasteiger partial charge is 0.411 e. The molecule has 1 fully saturated rings. The van der Waals surface area contributed by atoms with Gasteiger partial charge in [-0.25, -0.2) is 0 Å². The normalized spacial score (nSPS) is 20.2. The topological polar surface area (TPSA) is 41.8 Å². The summed E-state index contributed by atoms with van der Waals surface area (Å²) < 4.78 is 5.45. The van der Waals surface area contributed by atoms with Crippen molar-refractivity contribution in [2.24, 2.45) is 5.16 Å². The highest BCUT2D eigenvalue weighted by Gasteiger charge is 2.38. The van der Waals surface area contributed by atoms with Crippen LogP contribution in [0.25, 0.3) is 0 Å². The van der Waals surface area contributed by atoms with Crippen molar-refractivity contribution in [1.82, 2.24) is 0 Å². The molecule has 0 aromatic heterocycles. The highest BCUT2D eigenvalue weighted by atomic mass is 16.5. The molecule has 1 aliphatic rings. The van der Waals surface area contributed by atoms with E-state index < -0.39 is 0 Å². The van der Waals surface area contributed by atoms with Crippen LogP contribution >= 0.6 is 0 Å². The molecule has 1 aromatic rings. The molecule has 3 nitrogen and oxygen atoms in total. The number of hydrogen-bond acceptors (Lipinski definition) is 3. The molecule has 1 saturated heterocycles. The van der Waals surface area contributed by atoms with Crippen LogP contribution in [0, 0.1) is 0 Å². The van der Waals surface area contributed by atoms with Crippen LogP contribution in [-0.2, 0) is 10.2 Å². The standard InChI is InChI=1S/C14H19NO2/c1-2-13(15-16)14(8-10-17-11-9-14)12-6-4-3-5-7-12/h3-7,16H,2,8-11H2,1H3/b15-13-. The number of rotatable bonds is 3. The number of ether oxygens (including phenoxy) is 1. The van der Waals surface area contributed by atoms with Crippen molar-refractivity contribution < 1.29 is 9.94 Å². The molecule has 0 unspecified atom stereocenters. The van der Waals surface area contributed by atoms with Crippen molar-refractivity contribution in [3.63, 3.8) is 0 Å². The lowest BCUT2D eigenvalue weighted by molar-refractivity contribution is 0.0693. The summed E-state index contributed by atoms with van der Waals surface area (Å²) in [5, 5.41) is 12.8. The molecule has 92 valence electrons. The summed E-state index contributed by atoms with van der Waals surface area (Å²) in [7, 11) is 0. The molecule has 1 heterocycles. The molecule has 0 aliphatic carbocycles. The Kier molecular flexibility index (Phi) is 3.79. The van der Waals surface area contributed by atoms with Crippen molar-refractivity contribution in [1.29, 1.82) is 0 Å². The van der Waals surface area contributed by atoms with Gasteiger partial charge in [0.05, 0.1) is 5.71 Å². The molecule has 2 rings (SSSR count). The maximum Gasteiger partial charge on any atom is 0.0675 e. The fourth-order valence-corrected chi connectivity index (χ4v) is 2.73. The molecule has 17 heavy (non-hydrogen) atoms. The molecule has 1 N–H and O–H groups in total. The maximum atomic E-state index is 9.25. The van der Waals surface area contributed by atoms with Gasteiger partial charge in [-0.05, 0) is 24.8 Å². The molecule has 0 bridgehead atoms. The fourth-order valence-electron chi connectivity index (χ4n) is 2.73. The lowest BCUT2D eigenvalue weighted by Crippen LogP contribution is -2.41. The number of oxime groups is 1. The van der Waals surface area contributed by atoms with Gasteiger partial charge in [0.25, 0.3) is 0 Å². The van der Waals surface area contributed by atoms with Gasteiger partial charge in [-0.2, -0.15) is 0 Å². The average molecular weight is 233 g/mol.